The van der Waals surface area contributed by atoms with Crippen LogP contribution in [0.25, 0.3) is 0 Å². The molecule has 1 aromatic rings. The largest absolute Gasteiger partial charge is 0.381 e. The van der Waals surface area contributed by atoms with Crippen LogP contribution in [0.5, 0.6) is 0 Å². The Morgan fingerprint density at radius 2 is 2.29 bits per heavy atom. The predicted molar refractivity (Wildman–Crippen MR) is 60.6 cm³/mol. The minimum Gasteiger partial charge on any atom is -0.381 e. The first kappa shape index (κ1) is 10.6. The van der Waals surface area contributed by atoms with Gasteiger partial charge in [-0.3, -0.25) is 0 Å². The van der Waals surface area contributed by atoms with Crippen LogP contribution < -0.4 is 0 Å². The van der Waals surface area contributed by atoms with Gasteiger partial charge in [-0.2, -0.15) is 0 Å². The van der Waals surface area contributed by atoms with E-state index in [-0.39, 0.29) is 0 Å². The fourth-order valence-corrected chi connectivity index (χ4v) is 2.84. The molecular weight excluding hydrogens is 264 g/mol. The molecule has 0 bridgehead atoms. The number of rotatable bonds is 3. The van der Waals surface area contributed by atoms with Gasteiger partial charge in [-0.1, -0.05) is 0 Å². The van der Waals surface area contributed by atoms with E-state index in [2.05, 4.69) is 27.4 Å². The van der Waals surface area contributed by atoms with Gasteiger partial charge in [-0.25, -0.2) is 0 Å². The van der Waals surface area contributed by atoms with Crippen LogP contribution in [0.4, 0.5) is 0 Å². The topological polar surface area (TPSA) is 18.5 Å². The normalized spacial score (nSPS) is 18.6. The molecule has 4 heteroatoms. The van der Waals surface area contributed by atoms with E-state index < -0.39 is 0 Å². The summed E-state index contributed by atoms with van der Waals surface area (Å²) in [5, 5.41) is 2.09. The third kappa shape index (κ3) is 3.05. The van der Waals surface area contributed by atoms with Crippen LogP contribution in [0.2, 0.25) is 0 Å². The van der Waals surface area contributed by atoms with E-state index in [9.17, 15) is 0 Å². The first-order valence-electron chi connectivity index (χ1n) is 4.77. The van der Waals surface area contributed by atoms with Gasteiger partial charge < -0.3 is 9.47 Å². The Morgan fingerprint density at radius 1 is 1.50 bits per heavy atom. The summed E-state index contributed by atoms with van der Waals surface area (Å²) < 4.78 is 12.2. The zero-order valence-electron chi connectivity index (χ0n) is 7.87. The van der Waals surface area contributed by atoms with Gasteiger partial charge in [0.15, 0.2) is 0 Å². The van der Waals surface area contributed by atoms with Crippen molar-refractivity contribution in [3.05, 3.63) is 20.8 Å². The molecule has 1 fully saturated rings. The van der Waals surface area contributed by atoms with Crippen molar-refractivity contribution in [2.45, 2.75) is 25.6 Å². The summed E-state index contributed by atoms with van der Waals surface area (Å²) in [5.74, 6) is 0. The van der Waals surface area contributed by atoms with Gasteiger partial charge in [-0.15, -0.1) is 11.3 Å². The minimum atomic E-state index is 0.393. The SMILES string of the molecule is Brc1csc(COC2CCOCC2)c1. The van der Waals surface area contributed by atoms with E-state index in [1.807, 2.05) is 0 Å². The maximum atomic E-state index is 5.79. The van der Waals surface area contributed by atoms with Crippen LogP contribution in [0.3, 0.4) is 0 Å². The molecule has 0 spiro atoms. The predicted octanol–water partition coefficient (Wildman–Crippen LogP) is 3.21. The molecule has 1 aliphatic heterocycles. The number of ether oxygens (including phenoxy) is 2. The minimum absolute atomic E-state index is 0.393. The monoisotopic (exact) mass is 276 g/mol. The maximum absolute atomic E-state index is 5.79. The van der Waals surface area contributed by atoms with E-state index in [4.69, 9.17) is 9.47 Å². The summed E-state index contributed by atoms with van der Waals surface area (Å²) in [6.07, 6.45) is 2.46. The van der Waals surface area contributed by atoms with Gasteiger partial charge in [0, 0.05) is 27.9 Å². The van der Waals surface area contributed by atoms with Crippen molar-refractivity contribution in [2.75, 3.05) is 13.2 Å². The molecule has 0 saturated carbocycles. The number of hydrogen-bond acceptors (Lipinski definition) is 3. The molecule has 0 radical (unpaired) electrons. The molecule has 2 rings (SSSR count). The smallest absolute Gasteiger partial charge is 0.0813 e. The Bertz CT molecular complexity index is 281. The molecular formula is C10H13BrO2S. The zero-order valence-corrected chi connectivity index (χ0v) is 10.3. The van der Waals surface area contributed by atoms with Crippen LogP contribution in [-0.4, -0.2) is 19.3 Å². The fourth-order valence-electron chi connectivity index (χ4n) is 1.47. The van der Waals surface area contributed by atoms with Crippen LogP contribution in [0, 0.1) is 0 Å². The Labute approximate surface area is 96.4 Å². The van der Waals surface area contributed by atoms with E-state index in [1.165, 1.54) is 4.88 Å². The molecule has 1 aliphatic rings. The van der Waals surface area contributed by atoms with E-state index in [0.29, 0.717) is 6.10 Å². The maximum Gasteiger partial charge on any atom is 0.0813 e. The standard InChI is InChI=1S/C10H13BrO2S/c11-8-5-10(14-7-8)6-13-9-1-3-12-4-2-9/h5,7,9H,1-4,6H2. The zero-order chi connectivity index (χ0) is 9.80. The number of thiophene rings is 1. The highest BCUT2D eigenvalue weighted by molar-refractivity contribution is 9.10. The van der Waals surface area contributed by atoms with Crippen LogP contribution in [-0.2, 0) is 16.1 Å². The van der Waals surface area contributed by atoms with Crippen molar-refractivity contribution in [1.82, 2.24) is 0 Å². The van der Waals surface area contributed by atoms with Crippen molar-refractivity contribution in [2.24, 2.45) is 0 Å². The molecule has 0 amide bonds. The average Bonchev–Trinajstić information content (AvgIpc) is 2.63. The average molecular weight is 277 g/mol. The van der Waals surface area contributed by atoms with Crippen LogP contribution in [0.15, 0.2) is 15.9 Å². The Kier molecular flexibility index (Phi) is 3.99. The van der Waals surface area contributed by atoms with Crippen molar-refractivity contribution in [3.8, 4) is 0 Å². The van der Waals surface area contributed by atoms with Gasteiger partial charge in [0.1, 0.15) is 0 Å². The molecule has 0 aromatic carbocycles. The first-order chi connectivity index (χ1) is 6.84. The molecule has 2 nitrogen and oxygen atoms in total. The van der Waals surface area contributed by atoms with Crippen molar-refractivity contribution in [3.63, 3.8) is 0 Å². The van der Waals surface area contributed by atoms with E-state index in [1.54, 1.807) is 11.3 Å². The first-order valence-corrected chi connectivity index (χ1v) is 6.44. The second-order valence-corrected chi connectivity index (χ2v) is 5.27. The molecule has 0 unspecified atom stereocenters. The molecule has 14 heavy (non-hydrogen) atoms. The highest BCUT2D eigenvalue weighted by Gasteiger charge is 2.14. The summed E-state index contributed by atoms with van der Waals surface area (Å²) >= 11 is 5.17. The van der Waals surface area contributed by atoms with Gasteiger partial charge in [0.25, 0.3) is 0 Å². The quantitative estimate of drug-likeness (QED) is 0.844. The Balaban J connectivity index is 1.76. The molecule has 0 aliphatic carbocycles. The summed E-state index contributed by atoms with van der Waals surface area (Å²) in [5.41, 5.74) is 0. The molecule has 1 aromatic heterocycles. The van der Waals surface area contributed by atoms with E-state index >= 15 is 0 Å². The fraction of sp³-hybridized carbons (Fsp3) is 0.600. The molecule has 78 valence electrons. The number of hydrogen-bond donors (Lipinski definition) is 0. The summed E-state index contributed by atoms with van der Waals surface area (Å²) in [6, 6.07) is 2.12. The second-order valence-electron chi connectivity index (χ2n) is 3.35. The molecule has 1 saturated heterocycles. The molecule has 0 atom stereocenters. The van der Waals surface area contributed by atoms with Crippen LogP contribution in [0.1, 0.15) is 17.7 Å². The Morgan fingerprint density at radius 3 is 2.93 bits per heavy atom. The highest BCUT2D eigenvalue weighted by atomic mass is 79.9. The van der Waals surface area contributed by atoms with Gasteiger partial charge >= 0.3 is 0 Å². The summed E-state index contributed by atoms with van der Waals surface area (Å²) in [7, 11) is 0. The summed E-state index contributed by atoms with van der Waals surface area (Å²) in [6.45, 7) is 2.43. The van der Waals surface area contributed by atoms with Crippen molar-refractivity contribution in [1.29, 1.82) is 0 Å². The van der Waals surface area contributed by atoms with Gasteiger partial charge in [0.2, 0.25) is 0 Å². The summed E-state index contributed by atoms with van der Waals surface area (Å²) in [4.78, 5) is 1.28. The lowest BCUT2D eigenvalue weighted by atomic mass is 10.1. The molecule has 2 heterocycles. The van der Waals surface area contributed by atoms with Gasteiger partial charge in [-0.05, 0) is 34.8 Å². The lowest BCUT2D eigenvalue weighted by molar-refractivity contribution is -0.0383. The third-order valence-electron chi connectivity index (χ3n) is 2.25. The van der Waals surface area contributed by atoms with Gasteiger partial charge in [0.05, 0.1) is 12.7 Å². The van der Waals surface area contributed by atoms with E-state index in [0.717, 1.165) is 37.1 Å². The van der Waals surface area contributed by atoms with Crippen LogP contribution >= 0.6 is 27.3 Å². The van der Waals surface area contributed by atoms with Crippen molar-refractivity contribution < 1.29 is 9.47 Å². The third-order valence-corrected chi connectivity index (χ3v) is 3.92. The highest BCUT2D eigenvalue weighted by Crippen LogP contribution is 2.22. The number of halogens is 1. The molecule has 0 N–H and O–H groups in total. The van der Waals surface area contributed by atoms with Crippen molar-refractivity contribution >= 4 is 27.3 Å². The lowest BCUT2D eigenvalue weighted by Crippen LogP contribution is -2.23. The lowest BCUT2D eigenvalue weighted by Gasteiger charge is -2.21. The Hall–Kier alpha value is 0.1000. The second kappa shape index (κ2) is 5.26.